The SMILES string of the molecule is CNC1COc2cc(OCc3nc(C)cs3)ccc21. The Kier molecular flexibility index (Phi) is 3.40. The summed E-state index contributed by atoms with van der Waals surface area (Å²) in [7, 11) is 1.94. The monoisotopic (exact) mass is 276 g/mol. The normalized spacial score (nSPS) is 17.1. The van der Waals surface area contributed by atoms with Crippen LogP contribution in [0.2, 0.25) is 0 Å². The number of benzene rings is 1. The van der Waals surface area contributed by atoms with Gasteiger partial charge < -0.3 is 14.8 Å². The maximum absolute atomic E-state index is 5.75. The summed E-state index contributed by atoms with van der Waals surface area (Å²) in [6.07, 6.45) is 0. The molecule has 0 radical (unpaired) electrons. The van der Waals surface area contributed by atoms with E-state index in [1.165, 1.54) is 5.56 Å². The van der Waals surface area contributed by atoms with Gasteiger partial charge in [0.25, 0.3) is 0 Å². The summed E-state index contributed by atoms with van der Waals surface area (Å²) in [4.78, 5) is 4.38. The lowest BCUT2D eigenvalue weighted by Crippen LogP contribution is -2.17. The second kappa shape index (κ2) is 5.19. The van der Waals surface area contributed by atoms with Gasteiger partial charge in [-0.3, -0.25) is 0 Å². The lowest BCUT2D eigenvalue weighted by atomic mass is 10.1. The van der Waals surface area contributed by atoms with Crippen molar-refractivity contribution >= 4 is 11.3 Å². The molecular formula is C14H16N2O2S. The smallest absolute Gasteiger partial charge is 0.140 e. The Bertz CT molecular complexity index is 583. The average molecular weight is 276 g/mol. The van der Waals surface area contributed by atoms with Crippen LogP contribution in [0, 0.1) is 6.92 Å². The molecule has 1 N–H and O–H groups in total. The van der Waals surface area contributed by atoms with Crippen molar-refractivity contribution in [1.82, 2.24) is 10.3 Å². The molecule has 1 aliphatic rings. The molecule has 0 aliphatic carbocycles. The van der Waals surface area contributed by atoms with E-state index in [1.54, 1.807) is 11.3 Å². The van der Waals surface area contributed by atoms with Gasteiger partial charge in [0.2, 0.25) is 0 Å². The highest BCUT2D eigenvalue weighted by Gasteiger charge is 2.22. The molecule has 2 aromatic rings. The number of hydrogen-bond acceptors (Lipinski definition) is 5. The van der Waals surface area contributed by atoms with Crippen LogP contribution in [0.3, 0.4) is 0 Å². The molecule has 1 aliphatic heterocycles. The minimum absolute atomic E-state index is 0.283. The average Bonchev–Trinajstić information content (AvgIpc) is 3.01. The molecule has 0 fully saturated rings. The Morgan fingerprint density at radius 3 is 3.16 bits per heavy atom. The lowest BCUT2D eigenvalue weighted by molar-refractivity contribution is 0.298. The standard InChI is InChI=1S/C14H16N2O2S/c1-9-8-19-14(16-9)7-17-10-3-4-11-12(15-2)6-18-13(11)5-10/h3-5,8,12,15H,6-7H2,1-2H3. The van der Waals surface area contributed by atoms with Gasteiger partial charge in [-0.15, -0.1) is 11.3 Å². The van der Waals surface area contributed by atoms with Crippen LogP contribution in [-0.4, -0.2) is 18.6 Å². The number of thiazole rings is 1. The molecule has 0 bridgehead atoms. The third-order valence-corrected chi connectivity index (χ3v) is 4.08. The van der Waals surface area contributed by atoms with Crippen molar-refractivity contribution in [3.8, 4) is 11.5 Å². The quantitative estimate of drug-likeness (QED) is 0.932. The number of ether oxygens (including phenoxy) is 2. The summed E-state index contributed by atoms with van der Waals surface area (Å²) in [5.74, 6) is 1.73. The summed E-state index contributed by atoms with van der Waals surface area (Å²) >= 11 is 1.62. The van der Waals surface area contributed by atoms with Crippen molar-refractivity contribution in [2.45, 2.75) is 19.6 Å². The van der Waals surface area contributed by atoms with Gasteiger partial charge in [-0.05, 0) is 26.1 Å². The van der Waals surface area contributed by atoms with E-state index >= 15 is 0 Å². The number of rotatable bonds is 4. The molecule has 5 heteroatoms. The minimum Gasteiger partial charge on any atom is -0.491 e. The van der Waals surface area contributed by atoms with E-state index < -0.39 is 0 Å². The molecular weight excluding hydrogens is 260 g/mol. The topological polar surface area (TPSA) is 43.4 Å². The Hall–Kier alpha value is -1.59. The van der Waals surface area contributed by atoms with Gasteiger partial charge in [-0.2, -0.15) is 0 Å². The van der Waals surface area contributed by atoms with Crippen LogP contribution in [0.4, 0.5) is 0 Å². The van der Waals surface area contributed by atoms with Crippen LogP contribution >= 0.6 is 11.3 Å². The van der Waals surface area contributed by atoms with E-state index in [0.717, 1.165) is 22.2 Å². The third-order valence-electron chi connectivity index (χ3n) is 3.14. The largest absolute Gasteiger partial charge is 0.491 e. The Morgan fingerprint density at radius 1 is 1.53 bits per heavy atom. The molecule has 0 saturated carbocycles. The summed E-state index contributed by atoms with van der Waals surface area (Å²) in [6.45, 7) is 3.18. The number of fused-ring (bicyclic) bond motifs is 1. The molecule has 1 aromatic heterocycles. The fourth-order valence-electron chi connectivity index (χ4n) is 2.13. The van der Waals surface area contributed by atoms with Gasteiger partial charge in [0.1, 0.15) is 29.7 Å². The third kappa shape index (κ3) is 2.57. The zero-order valence-corrected chi connectivity index (χ0v) is 11.8. The highest BCUT2D eigenvalue weighted by molar-refractivity contribution is 7.09. The van der Waals surface area contributed by atoms with Gasteiger partial charge in [0.05, 0.1) is 6.04 Å². The second-order valence-electron chi connectivity index (χ2n) is 4.52. The molecule has 100 valence electrons. The summed E-state index contributed by atoms with van der Waals surface area (Å²) in [6, 6.07) is 6.28. The fraction of sp³-hybridized carbons (Fsp3) is 0.357. The number of aryl methyl sites for hydroxylation is 1. The van der Waals surface area contributed by atoms with Crippen LogP contribution in [0.5, 0.6) is 11.5 Å². The van der Waals surface area contributed by atoms with Crippen molar-refractivity contribution in [1.29, 1.82) is 0 Å². The first-order chi connectivity index (χ1) is 9.26. The summed E-state index contributed by atoms with van der Waals surface area (Å²) in [5, 5.41) is 6.25. The highest BCUT2D eigenvalue weighted by atomic mass is 32.1. The molecule has 1 aromatic carbocycles. The first-order valence-corrected chi connectivity index (χ1v) is 7.12. The molecule has 1 atom stereocenters. The highest BCUT2D eigenvalue weighted by Crippen LogP contribution is 2.35. The summed E-state index contributed by atoms with van der Waals surface area (Å²) in [5.41, 5.74) is 2.23. The molecule has 2 heterocycles. The van der Waals surface area contributed by atoms with Crippen LogP contribution in [0.15, 0.2) is 23.6 Å². The molecule has 1 unspecified atom stereocenters. The van der Waals surface area contributed by atoms with E-state index in [4.69, 9.17) is 9.47 Å². The van der Waals surface area contributed by atoms with Gasteiger partial charge in [0.15, 0.2) is 0 Å². The van der Waals surface area contributed by atoms with Gasteiger partial charge in [0, 0.05) is 22.7 Å². The predicted octanol–water partition coefficient (Wildman–Crippen LogP) is 2.68. The first kappa shape index (κ1) is 12.4. The summed E-state index contributed by atoms with van der Waals surface area (Å²) < 4.78 is 11.4. The molecule has 0 saturated heterocycles. The van der Waals surface area contributed by atoms with E-state index in [0.29, 0.717) is 13.2 Å². The number of nitrogens with one attached hydrogen (secondary N) is 1. The van der Waals surface area contributed by atoms with Crippen molar-refractivity contribution in [2.24, 2.45) is 0 Å². The Labute approximate surface area is 116 Å². The van der Waals surface area contributed by atoms with Crippen molar-refractivity contribution < 1.29 is 9.47 Å². The molecule has 4 nitrogen and oxygen atoms in total. The Balaban J connectivity index is 1.69. The van der Waals surface area contributed by atoms with Crippen molar-refractivity contribution in [3.05, 3.63) is 39.8 Å². The minimum atomic E-state index is 0.283. The van der Waals surface area contributed by atoms with Gasteiger partial charge in [-0.25, -0.2) is 4.98 Å². The van der Waals surface area contributed by atoms with Crippen molar-refractivity contribution in [3.63, 3.8) is 0 Å². The Morgan fingerprint density at radius 2 is 2.42 bits per heavy atom. The van der Waals surface area contributed by atoms with Crippen molar-refractivity contribution in [2.75, 3.05) is 13.7 Å². The number of nitrogens with zero attached hydrogens (tertiary/aromatic N) is 1. The van der Waals surface area contributed by atoms with Gasteiger partial charge in [-0.1, -0.05) is 0 Å². The second-order valence-corrected chi connectivity index (χ2v) is 5.47. The number of likely N-dealkylation sites (N-methyl/N-ethyl adjacent to an activating group) is 1. The zero-order valence-electron chi connectivity index (χ0n) is 11.0. The van der Waals surface area contributed by atoms with Crippen LogP contribution in [0.25, 0.3) is 0 Å². The maximum atomic E-state index is 5.75. The number of aromatic nitrogens is 1. The fourth-order valence-corrected chi connectivity index (χ4v) is 2.82. The van der Waals surface area contributed by atoms with E-state index in [1.807, 2.05) is 31.5 Å². The van der Waals surface area contributed by atoms with Crippen LogP contribution in [-0.2, 0) is 6.61 Å². The van der Waals surface area contributed by atoms with E-state index in [9.17, 15) is 0 Å². The van der Waals surface area contributed by atoms with E-state index in [2.05, 4.69) is 16.4 Å². The molecule has 0 amide bonds. The predicted molar refractivity (Wildman–Crippen MR) is 74.9 cm³/mol. The maximum Gasteiger partial charge on any atom is 0.140 e. The van der Waals surface area contributed by atoms with Gasteiger partial charge >= 0.3 is 0 Å². The van der Waals surface area contributed by atoms with E-state index in [-0.39, 0.29) is 6.04 Å². The first-order valence-electron chi connectivity index (χ1n) is 6.24. The zero-order chi connectivity index (χ0) is 13.2. The molecule has 0 spiro atoms. The number of hydrogen-bond donors (Lipinski definition) is 1. The van der Waals surface area contributed by atoms with Crippen LogP contribution in [0.1, 0.15) is 22.3 Å². The molecule has 19 heavy (non-hydrogen) atoms. The van der Waals surface area contributed by atoms with Crippen LogP contribution < -0.4 is 14.8 Å². The lowest BCUT2D eigenvalue weighted by Gasteiger charge is -2.08. The molecule has 3 rings (SSSR count).